The van der Waals surface area contributed by atoms with Crippen LogP contribution in [0.5, 0.6) is 0 Å². The van der Waals surface area contributed by atoms with Gasteiger partial charge in [-0.1, -0.05) is 50.3 Å². The fourth-order valence-electron chi connectivity index (χ4n) is 4.96. The van der Waals surface area contributed by atoms with Gasteiger partial charge in [0, 0.05) is 48.1 Å². The quantitative estimate of drug-likeness (QED) is 0.182. The number of piperidine rings is 1. The minimum absolute atomic E-state index is 0.733. The predicted molar refractivity (Wildman–Crippen MR) is 151 cm³/mol. The van der Waals surface area contributed by atoms with Crippen molar-refractivity contribution in [3.63, 3.8) is 0 Å². The van der Waals surface area contributed by atoms with Crippen LogP contribution in [0.15, 0.2) is 85.7 Å². The molecule has 0 atom stereocenters. The van der Waals surface area contributed by atoms with Crippen LogP contribution in [-0.4, -0.2) is 50.7 Å². The third-order valence-electron chi connectivity index (χ3n) is 6.93. The number of fused-ring (bicyclic) bond motifs is 2. The van der Waals surface area contributed by atoms with Gasteiger partial charge in [-0.3, -0.25) is 9.88 Å². The highest BCUT2D eigenvalue weighted by molar-refractivity contribution is 5.97. The molecule has 37 heavy (non-hydrogen) atoms. The predicted octanol–water partition coefficient (Wildman–Crippen LogP) is 6.70. The lowest BCUT2D eigenvalue weighted by atomic mass is 10.0. The summed E-state index contributed by atoms with van der Waals surface area (Å²) in [6.07, 6.45) is 19.5. The fraction of sp³-hybridized carbons (Fsp3) is 0.323. The first kappa shape index (κ1) is 24.9. The summed E-state index contributed by atoms with van der Waals surface area (Å²) in [4.78, 5) is 11.8. The molecule has 6 nitrogen and oxygen atoms in total. The summed E-state index contributed by atoms with van der Waals surface area (Å²) in [6, 6.07) is 10.2. The summed E-state index contributed by atoms with van der Waals surface area (Å²) in [5, 5.41) is 5.71. The van der Waals surface area contributed by atoms with Crippen molar-refractivity contribution in [2.75, 3.05) is 26.2 Å². The molecule has 1 saturated heterocycles. The van der Waals surface area contributed by atoms with E-state index in [1.807, 2.05) is 53.6 Å². The molecular weight excluding hydrogens is 458 g/mol. The van der Waals surface area contributed by atoms with Gasteiger partial charge < -0.3 is 4.74 Å². The minimum atomic E-state index is 0.733. The Labute approximate surface area is 219 Å². The van der Waals surface area contributed by atoms with Gasteiger partial charge in [0.15, 0.2) is 5.65 Å². The van der Waals surface area contributed by atoms with Gasteiger partial charge in [0.2, 0.25) is 0 Å². The molecular formula is C31H35N5O. The van der Waals surface area contributed by atoms with E-state index in [9.17, 15) is 0 Å². The van der Waals surface area contributed by atoms with E-state index in [0.717, 1.165) is 70.6 Å². The van der Waals surface area contributed by atoms with Crippen LogP contribution in [0.2, 0.25) is 0 Å². The summed E-state index contributed by atoms with van der Waals surface area (Å²) in [5.74, 6) is 1.01. The van der Waals surface area contributed by atoms with E-state index in [2.05, 4.69) is 52.8 Å². The number of allylic oxidation sites excluding steroid dienone is 5. The van der Waals surface area contributed by atoms with Crippen molar-refractivity contribution in [2.45, 2.75) is 39.0 Å². The number of ether oxygens (including phenoxy) is 1. The average molecular weight is 494 g/mol. The first-order valence-electron chi connectivity index (χ1n) is 13.3. The largest absolute Gasteiger partial charge is 0.497 e. The second-order valence-corrected chi connectivity index (χ2v) is 9.50. The molecule has 0 amide bonds. The van der Waals surface area contributed by atoms with Gasteiger partial charge >= 0.3 is 0 Å². The summed E-state index contributed by atoms with van der Waals surface area (Å²) >= 11 is 0. The zero-order valence-electron chi connectivity index (χ0n) is 21.6. The van der Waals surface area contributed by atoms with E-state index >= 15 is 0 Å². The van der Waals surface area contributed by atoms with Gasteiger partial charge in [0.25, 0.3) is 0 Å². The standard InChI is InChI=1S/C31H35N5O/c1-3-10-26(37-20-19-35-17-6-5-7-18-35)15-14-24(4-2)25-21-33-31-29(22-34-36(31)23-25)27-11-8-13-30-28(27)12-9-16-32-30/h4,8-9,11-16,21-23H,2-3,5-7,10,17-20H2,1H3/b24-14+,26-15+. The maximum atomic E-state index is 6.18. The topological polar surface area (TPSA) is 55.5 Å². The molecule has 1 aliphatic rings. The number of hydrogen-bond acceptors (Lipinski definition) is 5. The van der Waals surface area contributed by atoms with Crippen molar-refractivity contribution in [3.8, 4) is 11.1 Å². The number of rotatable bonds is 10. The SMILES string of the molecule is C=C/C(=C\C=C(/CCC)OCCN1CCCCC1)c1cnc2c(-c3cccc4ncccc34)cnn2c1. The lowest BCUT2D eigenvalue weighted by Gasteiger charge is -2.26. The number of benzene rings is 1. The van der Waals surface area contributed by atoms with E-state index in [4.69, 9.17) is 9.72 Å². The Balaban J connectivity index is 1.36. The van der Waals surface area contributed by atoms with Crippen molar-refractivity contribution < 1.29 is 4.74 Å². The van der Waals surface area contributed by atoms with Crippen molar-refractivity contribution in [1.29, 1.82) is 0 Å². The Morgan fingerprint density at radius 3 is 2.76 bits per heavy atom. The first-order valence-corrected chi connectivity index (χ1v) is 13.3. The molecule has 0 bridgehead atoms. The molecule has 0 radical (unpaired) electrons. The second kappa shape index (κ2) is 12.0. The smallest absolute Gasteiger partial charge is 0.162 e. The molecule has 4 aromatic rings. The Bertz CT molecular complexity index is 1420. The van der Waals surface area contributed by atoms with Crippen LogP contribution in [-0.2, 0) is 4.74 Å². The number of hydrogen-bond donors (Lipinski definition) is 0. The first-order chi connectivity index (χ1) is 18.3. The van der Waals surface area contributed by atoms with E-state index in [1.54, 1.807) is 0 Å². The molecule has 190 valence electrons. The van der Waals surface area contributed by atoms with Crippen LogP contribution in [0.25, 0.3) is 33.3 Å². The number of nitrogens with zero attached hydrogens (tertiary/aromatic N) is 5. The summed E-state index contributed by atoms with van der Waals surface area (Å²) < 4.78 is 8.01. The van der Waals surface area contributed by atoms with E-state index in [-0.39, 0.29) is 0 Å². The van der Waals surface area contributed by atoms with Gasteiger partial charge in [-0.05, 0) is 61.7 Å². The van der Waals surface area contributed by atoms with Crippen LogP contribution in [0, 0.1) is 0 Å². The fourth-order valence-corrected chi connectivity index (χ4v) is 4.96. The molecule has 1 fully saturated rings. The monoisotopic (exact) mass is 493 g/mol. The maximum absolute atomic E-state index is 6.18. The Morgan fingerprint density at radius 2 is 1.92 bits per heavy atom. The maximum Gasteiger partial charge on any atom is 0.162 e. The summed E-state index contributed by atoms with van der Waals surface area (Å²) in [6.45, 7) is 10.3. The molecule has 0 N–H and O–H groups in total. The highest BCUT2D eigenvalue weighted by Gasteiger charge is 2.13. The highest BCUT2D eigenvalue weighted by Crippen LogP contribution is 2.30. The van der Waals surface area contributed by atoms with Gasteiger partial charge in [-0.25, -0.2) is 9.50 Å². The zero-order valence-corrected chi connectivity index (χ0v) is 21.6. The third-order valence-corrected chi connectivity index (χ3v) is 6.93. The van der Waals surface area contributed by atoms with E-state index < -0.39 is 0 Å². The molecule has 4 heterocycles. The van der Waals surface area contributed by atoms with Crippen LogP contribution in [0.3, 0.4) is 0 Å². The molecule has 3 aromatic heterocycles. The van der Waals surface area contributed by atoms with Gasteiger partial charge in [-0.2, -0.15) is 5.10 Å². The minimum Gasteiger partial charge on any atom is -0.497 e. The Morgan fingerprint density at radius 1 is 1.03 bits per heavy atom. The molecule has 1 aromatic carbocycles. The normalized spacial score (nSPS) is 15.4. The van der Waals surface area contributed by atoms with Gasteiger partial charge in [0.05, 0.1) is 17.5 Å². The Hall–Kier alpha value is -3.77. The molecule has 0 unspecified atom stereocenters. The van der Waals surface area contributed by atoms with Gasteiger partial charge in [-0.15, -0.1) is 0 Å². The van der Waals surface area contributed by atoms with Crippen LogP contribution >= 0.6 is 0 Å². The van der Waals surface area contributed by atoms with E-state index in [1.165, 1.54) is 32.4 Å². The molecule has 0 saturated carbocycles. The van der Waals surface area contributed by atoms with Crippen molar-refractivity contribution in [2.24, 2.45) is 0 Å². The van der Waals surface area contributed by atoms with E-state index in [0.29, 0.717) is 0 Å². The van der Waals surface area contributed by atoms with Crippen LogP contribution in [0.1, 0.15) is 44.6 Å². The van der Waals surface area contributed by atoms with Crippen LogP contribution < -0.4 is 0 Å². The number of aromatic nitrogens is 4. The van der Waals surface area contributed by atoms with Crippen molar-refractivity contribution in [1.82, 2.24) is 24.5 Å². The molecule has 0 spiro atoms. The Kier molecular flexibility index (Phi) is 8.06. The highest BCUT2D eigenvalue weighted by atomic mass is 16.5. The van der Waals surface area contributed by atoms with Crippen molar-refractivity contribution in [3.05, 3.63) is 91.2 Å². The summed E-state index contributed by atoms with van der Waals surface area (Å²) in [7, 11) is 0. The molecule has 0 aliphatic carbocycles. The zero-order chi connectivity index (χ0) is 25.5. The lowest BCUT2D eigenvalue weighted by Crippen LogP contribution is -2.32. The summed E-state index contributed by atoms with van der Waals surface area (Å²) in [5.41, 5.74) is 5.77. The second-order valence-electron chi connectivity index (χ2n) is 9.50. The third kappa shape index (κ3) is 5.81. The number of pyridine rings is 1. The molecule has 6 heteroatoms. The number of likely N-dealkylation sites (tertiary alicyclic amines) is 1. The average Bonchev–Trinajstić information content (AvgIpc) is 3.37. The van der Waals surface area contributed by atoms with Crippen LogP contribution in [0.4, 0.5) is 0 Å². The molecule has 5 rings (SSSR count). The van der Waals surface area contributed by atoms with Crippen molar-refractivity contribution >= 4 is 22.1 Å². The molecule has 1 aliphatic heterocycles. The lowest BCUT2D eigenvalue weighted by molar-refractivity contribution is 0.138. The van der Waals surface area contributed by atoms with Gasteiger partial charge in [0.1, 0.15) is 6.61 Å².